The summed E-state index contributed by atoms with van der Waals surface area (Å²) in [5.41, 5.74) is -0.811. The molecule has 0 spiro atoms. The van der Waals surface area contributed by atoms with Gasteiger partial charge in [0.15, 0.2) is 0 Å². The Kier molecular flexibility index (Phi) is 5.75. The van der Waals surface area contributed by atoms with Gasteiger partial charge in [-0.15, -0.1) is 0 Å². The van der Waals surface area contributed by atoms with E-state index in [1.807, 2.05) is 0 Å². The van der Waals surface area contributed by atoms with Gasteiger partial charge in [0.25, 0.3) is 0 Å². The third kappa shape index (κ3) is 5.16. The van der Waals surface area contributed by atoms with Crippen LogP contribution < -0.4 is 0 Å². The van der Waals surface area contributed by atoms with Crippen molar-refractivity contribution in [1.29, 1.82) is 0 Å². The van der Waals surface area contributed by atoms with E-state index in [4.69, 9.17) is 4.74 Å². The van der Waals surface area contributed by atoms with E-state index in [9.17, 15) is 26.4 Å². The Bertz CT molecular complexity index is 729. The summed E-state index contributed by atoms with van der Waals surface area (Å²) in [7, 11) is -0.573. The number of benzene rings is 1. The number of hydrogen-bond donors (Lipinski definition) is 0. The Hall–Kier alpha value is -1.65. The van der Waals surface area contributed by atoms with Crippen LogP contribution in [0.5, 0.6) is 0 Å². The van der Waals surface area contributed by atoms with Crippen LogP contribution >= 0.6 is 0 Å². The van der Waals surface area contributed by atoms with Gasteiger partial charge >= 0.3 is 6.18 Å². The molecule has 1 heterocycles. The SMILES string of the molecule is CN(C)C(=O)COC1CN(S(=O)(=O)Cc2cccc(C(F)(F)F)c2)C1. The van der Waals surface area contributed by atoms with Gasteiger partial charge in [0.05, 0.1) is 17.4 Å². The Morgan fingerprint density at radius 2 is 1.96 bits per heavy atom. The molecule has 10 heteroatoms. The highest BCUT2D eigenvalue weighted by Gasteiger charge is 2.37. The second-order valence-electron chi connectivity index (χ2n) is 5.99. The largest absolute Gasteiger partial charge is 0.416 e. The van der Waals surface area contributed by atoms with Gasteiger partial charge in [0.1, 0.15) is 6.61 Å². The Morgan fingerprint density at radius 1 is 1.32 bits per heavy atom. The predicted octanol–water partition coefficient (Wildman–Crippen LogP) is 1.32. The number of carbonyl (C=O) groups excluding carboxylic acids is 1. The number of likely N-dealkylation sites (N-methyl/N-ethyl adjacent to an activating group) is 1. The highest BCUT2D eigenvalue weighted by atomic mass is 32.2. The summed E-state index contributed by atoms with van der Waals surface area (Å²) in [4.78, 5) is 12.8. The summed E-state index contributed by atoms with van der Waals surface area (Å²) in [6.07, 6.45) is -4.91. The molecule has 0 bridgehead atoms. The molecule has 1 fully saturated rings. The molecule has 2 rings (SSSR count). The van der Waals surface area contributed by atoms with Crippen LogP contribution in [0.2, 0.25) is 0 Å². The quantitative estimate of drug-likeness (QED) is 0.747. The van der Waals surface area contributed by atoms with Crippen LogP contribution in [0.15, 0.2) is 24.3 Å². The monoisotopic (exact) mass is 380 g/mol. The first kappa shape index (κ1) is 19.7. The van der Waals surface area contributed by atoms with E-state index >= 15 is 0 Å². The average Bonchev–Trinajstić information content (AvgIpc) is 2.43. The summed E-state index contributed by atoms with van der Waals surface area (Å²) in [5.74, 6) is -0.745. The molecule has 0 aliphatic carbocycles. The van der Waals surface area contributed by atoms with E-state index in [2.05, 4.69) is 0 Å². The minimum absolute atomic E-state index is 0.0713. The molecule has 0 atom stereocenters. The van der Waals surface area contributed by atoms with Crippen molar-refractivity contribution in [2.75, 3.05) is 33.8 Å². The van der Waals surface area contributed by atoms with Gasteiger partial charge in [0, 0.05) is 27.2 Å². The van der Waals surface area contributed by atoms with Crippen LogP contribution in [0, 0.1) is 0 Å². The predicted molar refractivity (Wildman–Crippen MR) is 84.1 cm³/mol. The minimum atomic E-state index is -4.52. The van der Waals surface area contributed by atoms with Crippen molar-refractivity contribution in [3.63, 3.8) is 0 Å². The third-order valence-corrected chi connectivity index (χ3v) is 5.54. The lowest BCUT2D eigenvalue weighted by Gasteiger charge is -2.37. The molecule has 1 amide bonds. The summed E-state index contributed by atoms with van der Waals surface area (Å²) in [6.45, 7) is 0.0309. The van der Waals surface area contributed by atoms with Gasteiger partial charge in [-0.1, -0.05) is 18.2 Å². The molecule has 6 nitrogen and oxygen atoms in total. The molecule has 0 unspecified atom stereocenters. The van der Waals surface area contributed by atoms with Crippen molar-refractivity contribution in [2.45, 2.75) is 18.0 Å². The number of nitrogens with zero attached hydrogens (tertiary/aromatic N) is 2. The van der Waals surface area contributed by atoms with Gasteiger partial charge in [-0.25, -0.2) is 8.42 Å². The molecule has 140 valence electrons. The molecule has 25 heavy (non-hydrogen) atoms. The maximum absolute atomic E-state index is 12.7. The molecule has 1 aromatic carbocycles. The normalized spacial score (nSPS) is 16.5. The number of halogens is 3. The standard InChI is InChI=1S/C15H19F3N2O4S/c1-19(2)14(21)9-24-13-7-20(8-13)25(22,23)10-11-4-3-5-12(6-11)15(16,17)18/h3-6,13H,7-10H2,1-2H3. The van der Waals surface area contributed by atoms with E-state index in [-0.39, 0.29) is 37.3 Å². The fourth-order valence-corrected chi connectivity index (χ4v) is 3.76. The van der Waals surface area contributed by atoms with Gasteiger partial charge in [-0.2, -0.15) is 17.5 Å². The van der Waals surface area contributed by atoms with Crippen LogP contribution in [0.4, 0.5) is 13.2 Å². The lowest BCUT2D eigenvalue weighted by molar-refractivity contribution is -0.138. The molecule has 1 aliphatic heterocycles. The molecule has 1 aromatic rings. The second kappa shape index (κ2) is 7.30. The van der Waals surface area contributed by atoms with Crippen LogP contribution in [0.3, 0.4) is 0 Å². The first-order valence-corrected chi connectivity index (χ1v) is 9.05. The van der Waals surface area contributed by atoms with Crippen LogP contribution in [-0.2, 0) is 31.5 Å². The molecule has 1 saturated heterocycles. The summed E-state index contributed by atoms with van der Waals surface area (Å²) < 4.78 is 69.0. The zero-order chi connectivity index (χ0) is 18.8. The number of rotatable bonds is 6. The van der Waals surface area contributed by atoms with Crippen molar-refractivity contribution in [2.24, 2.45) is 0 Å². The van der Waals surface area contributed by atoms with Gasteiger partial charge in [-0.3, -0.25) is 4.79 Å². The van der Waals surface area contributed by atoms with Gasteiger partial charge < -0.3 is 9.64 Å². The van der Waals surface area contributed by atoms with Crippen molar-refractivity contribution >= 4 is 15.9 Å². The fraction of sp³-hybridized carbons (Fsp3) is 0.533. The maximum atomic E-state index is 12.7. The van der Waals surface area contributed by atoms with Crippen molar-refractivity contribution < 1.29 is 31.1 Å². The van der Waals surface area contributed by atoms with Crippen molar-refractivity contribution in [1.82, 2.24) is 9.21 Å². The second-order valence-corrected chi connectivity index (χ2v) is 7.96. The third-order valence-electron chi connectivity index (χ3n) is 3.75. The highest BCUT2D eigenvalue weighted by molar-refractivity contribution is 7.88. The zero-order valence-corrected chi connectivity index (χ0v) is 14.6. The molecule has 0 radical (unpaired) electrons. The number of alkyl halides is 3. The van der Waals surface area contributed by atoms with Gasteiger partial charge in [0.2, 0.25) is 15.9 Å². The molecule has 0 saturated carbocycles. The first-order valence-electron chi connectivity index (χ1n) is 7.45. The first-order chi connectivity index (χ1) is 11.5. The Labute approximate surface area is 144 Å². The molecular formula is C15H19F3N2O4S. The number of carbonyl (C=O) groups is 1. The number of sulfonamides is 1. The Morgan fingerprint density at radius 3 is 2.52 bits per heavy atom. The molecule has 0 aromatic heterocycles. The summed E-state index contributed by atoms with van der Waals surface area (Å²) in [5, 5.41) is 0. The van der Waals surface area contributed by atoms with Crippen LogP contribution in [0.1, 0.15) is 11.1 Å². The van der Waals surface area contributed by atoms with Crippen molar-refractivity contribution in [3.8, 4) is 0 Å². The maximum Gasteiger partial charge on any atom is 0.416 e. The summed E-state index contributed by atoms with van der Waals surface area (Å²) in [6, 6.07) is 4.26. The number of amides is 1. The molecular weight excluding hydrogens is 361 g/mol. The van der Waals surface area contributed by atoms with Crippen LogP contribution in [-0.4, -0.2) is 63.4 Å². The number of hydrogen-bond acceptors (Lipinski definition) is 4. The smallest absolute Gasteiger partial charge is 0.366 e. The number of ether oxygens (including phenoxy) is 1. The molecule has 0 N–H and O–H groups in total. The van der Waals surface area contributed by atoms with Crippen molar-refractivity contribution in [3.05, 3.63) is 35.4 Å². The fourth-order valence-electron chi connectivity index (χ4n) is 2.19. The van der Waals surface area contributed by atoms with E-state index < -0.39 is 27.5 Å². The summed E-state index contributed by atoms with van der Waals surface area (Å²) >= 11 is 0. The lowest BCUT2D eigenvalue weighted by Crippen LogP contribution is -2.55. The van der Waals surface area contributed by atoms with Crippen LogP contribution in [0.25, 0.3) is 0 Å². The highest BCUT2D eigenvalue weighted by Crippen LogP contribution is 2.30. The average molecular weight is 380 g/mol. The zero-order valence-electron chi connectivity index (χ0n) is 13.8. The Balaban J connectivity index is 1.91. The van der Waals surface area contributed by atoms with Gasteiger partial charge in [-0.05, 0) is 11.6 Å². The van der Waals surface area contributed by atoms with E-state index in [1.165, 1.54) is 17.0 Å². The minimum Gasteiger partial charge on any atom is -0.366 e. The lowest BCUT2D eigenvalue weighted by atomic mass is 10.1. The van der Waals surface area contributed by atoms with E-state index in [1.54, 1.807) is 14.1 Å². The van der Waals surface area contributed by atoms with E-state index in [0.717, 1.165) is 16.4 Å². The van der Waals surface area contributed by atoms with E-state index in [0.29, 0.717) is 0 Å². The topological polar surface area (TPSA) is 66.9 Å². The molecule has 1 aliphatic rings.